The Kier molecular flexibility index (Phi) is 7.40. The molecule has 0 spiro atoms. The minimum atomic E-state index is -0.559. The second-order valence-electron chi connectivity index (χ2n) is 8.93. The molecule has 0 fully saturated rings. The summed E-state index contributed by atoms with van der Waals surface area (Å²) in [5.74, 6) is 0. The molecule has 0 amide bonds. The van der Waals surface area contributed by atoms with Crippen molar-refractivity contribution >= 4 is 15.9 Å². The third-order valence-electron chi connectivity index (χ3n) is 6.62. The van der Waals surface area contributed by atoms with Gasteiger partial charge in [-0.05, 0) is 63.5 Å². The Morgan fingerprint density at radius 3 is 1.89 bits per heavy atom. The van der Waals surface area contributed by atoms with E-state index in [0.29, 0.717) is 6.42 Å². The topological polar surface area (TPSA) is 50.9 Å². The molecule has 2 aromatic heterocycles. The average Bonchev–Trinajstić information content (AvgIpc) is 3.40. The largest absolute Gasteiger partial charge is 0.388 e. The number of hydrogen-bond acceptors (Lipinski definition) is 3. The second-order valence-corrected chi connectivity index (χ2v) is 9.84. The molecule has 2 heterocycles. The smallest absolute Gasteiger partial charge is 0.121 e. The zero-order chi connectivity index (χ0) is 24.8. The quantitative estimate of drug-likeness (QED) is 0.207. The predicted molar refractivity (Wildman–Crippen MR) is 147 cm³/mol. The van der Waals surface area contributed by atoms with Crippen LogP contribution in [0.25, 0.3) is 0 Å². The summed E-state index contributed by atoms with van der Waals surface area (Å²) in [5.41, 5.74) is 4.78. The summed E-state index contributed by atoms with van der Waals surface area (Å²) < 4.78 is 3.11. The first-order chi connectivity index (χ1) is 17.7. The minimum absolute atomic E-state index is 0.547. The monoisotopic (exact) mass is 537 g/mol. The van der Waals surface area contributed by atoms with Crippen molar-refractivity contribution < 1.29 is 5.11 Å². The van der Waals surface area contributed by atoms with Crippen molar-refractivity contribution in [3.8, 4) is 0 Å². The summed E-state index contributed by atoms with van der Waals surface area (Å²) in [6.45, 7) is 0. The first kappa shape index (κ1) is 24.2. The number of hydrogen-bond donors (Lipinski definition) is 1. The lowest BCUT2D eigenvalue weighted by molar-refractivity contribution is 0.164. The highest BCUT2D eigenvalue weighted by Crippen LogP contribution is 2.40. The third kappa shape index (κ3) is 4.90. The van der Waals surface area contributed by atoms with Crippen molar-refractivity contribution in [1.29, 1.82) is 0 Å². The van der Waals surface area contributed by atoms with Gasteiger partial charge in [-0.25, -0.2) is 4.98 Å². The first-order valence-corrected chi connectivity index (χ1v) is 13.0. The molecule has 36 heavy (non-hydrogen) atoms. The van der Waals surface area contributed by atoms with Gasteiger partial charge in [0.1, 0.15) is 5.54 Å². The van der Waals surface area contributed by atoms with Gasteiger partial charge < -0.3 is 9.67 Å². The molecule has 1 unspecified atom stereocenters. The van der Waals surface area contributed by atoms with E-state index in [4.69, 9.17) is 4.98 Å². The summed E-state index contributed by atoms with van der Waals surface area (Å²) in [7, 11) is 0. The van der Waals surface area contributed by atoms with E-state index in [1.54, 1.807) is 12.4 Å². The Bertz CT molecular complexity index is 1290. The van der Waals surface area contributed by atoms with Gasteiger partial charge in [-0.3, -0.25) is 4.98 Å². The van der Waals surface area contributed by atoms with E-state index in [1.807, 2.05) is 12.4 Å². The van der Waals surface area contributed by atoms with Gasteiger partial charge in [0.15, 0.2) is 0 Å². The van der Waals surface area contributed by atoms with E-state index < -0.39 is 11.6 Å². The zero-order valence-electron chi connectivity index (χ0n) is 19.9. The maximum atomic E-state index is 10.6. The average molecular weight is 538 g/mol. The van der Waals surface area contributed by atoms with Crippen LogP contribution in [-0.2, 0) is 12.0 Å². The molecule has 5 aromatic rings. The van der Waals surface area contributed by atoms with E-state index in [0.717, 1.165) is 28.6 Å². The third-order valence-corrected chi connectivity index (χ3v) is 7.05. The number of aromatic nitrogens is 3. The van der Waals surface area contributed by atoms with Gasteiger partial charge in [-0.15, -0.1) is 0 Å². The van der Waals surface area contributed by atoms with E-state index in [9.17, 15) is 5.11 Å². The summed E-state index contributed by atoms with van der Waals surface area (Å²) in [6, 6.07) is 33.7. The normalized spacial score (nSPS) is 12.4. The SMILES string of the molecule is OC(CCCc1cn(C(c2ccccc2)(c2ccccc2)c2ccccc2)cn1)c1cncc(Br)c1. The number of benzene rings is 3. The Hall–Kier alpha value is -3.54. The van der Waals surface area contributed by atoms with Crippen LogP contribution in [0, 0.1) is 0 Å². The fourth-order valence-corrected chi connectivity index (χ4v) is 5.30. The maximum absolute atomic E-state index is 10.6. The molecule has 0 saturated heterocycles. The number of nitrogens with zero attached hydrogens (tertiary/aromatic N) is 3. The lowest BCUT2D eigenvalue weighted by atomic mass is 9.77. The standard InChI is InChI=1S/C31H28BrN3O/c32-28-19-24(20-33-21-28)30(36)18-10-17-29-22-35(23-34-29)31(25-11-4-1-5-12-25,26-13-6-2-7-14-26)27-15-8-3-9-16-27/h1-9,11-16,19-23,30,36H,10,17-18H2. The van der Waals surface area contributed by atoms with Crippen molar-refractivity contribution in [1.82, 2.24) is 14.5 Å². The number of imidazole rings is 1. The summed E-state index contributed by atoms with van der Waals surface area (Å²) in [4.78, 5) is 8.97. The molecule has 0 aliphatic heterocycles. The highest BCUT2D eigenvalue weighted by Gasteiger charge is 2.38. The maximum Gasteiger partial charge on any atom is 0.121 e. The molecule has 180 valence electrons. The Morgan fingerprint density at radius 2 is 1.36 bits per heavy atom. The van der Waals surface area contributed by atoms with Gasteiger partial charge in [-0.2, -0.15) is 0 Å². The van der Waals surface area contributed by atoms with Crippen molar-refractivity contribution in [2.75, 3.05) is 0 Å². The van der Waals surface area contributed by atoms with Crippen molar-refractivity contribution in [2.45, 2.75) is 30.9 Å². The molecule has 1 atom stereocenters. The van der Waals surface area contributed by atoms with Crippen LogP contribution in [0.15, 0.2) is 126 Å². The van der Waals surface area contributed by atoms with Crippen LogP contribution in [-0.4, -0.2) is 19.6 Å². The highest BCUT2D eigenvalue weighted by atomic mass is 79.9. The van der Waals surface area contributed by atoms with Crippen molar-refractivity contribution in [2.24, 2.45) is 0 Å². The summed E-state index contributed by atoms with van der Waals surface area (Å²) in [5, 5.41) is 10.6. The highest BCUT2D eigenvalue weighted by molar-refractivity contribution is 9.10. The molecule has 0 bridgehead atoms. The van der Waals surface area contributed by atoms with Crippen molar-refractivity contribution in [3.63, 3.8) is 0 Å². The van der Waals surface area contributed by atoms with Gasteiger partial charge in [0.25, 0.3) is 0 Å². The fraction of sp³-hybridized carbons (Fsp3) is 0.161. The molecular weight excluding hydrogens is 510 g/mol. The number of halogens is 1. The minimum Gasteiger partial charge on any atom is -0.388 e. The molecule has 5 rings (SSSR count). The first-order valence-electron chi connectivity index (χ1n) is 12.2. The molecule has 0 saturated carbocycles. The molecule has 3 aromatic carbocycles. The predicted octanol–water partition coefficient (Wildman–Crippen LogP) is 6.94. The summed E-state index contributed by atoms with van der Waals surface area (Å²) >= 11 is 3.43. The molecule has 5 heteroatoms. The van der Waals surface area contributed by atoms with Crippen LogP contribution in [0.4, 0.5) is 0 Å². The van der Waals surface area contributed by atoms with Crippen LogP contribution >= 0.6 is 15.9 Å². The van der Waals surface area contributed by atoms with E-state index in [1.165, 1.54) is 16.7 Å². The zero-order valence-corrected chi connectivity index (χ0v) is 21.5. The Morgan fingerprint density at radius 1 is 0.806 bits per heavy atom. The Labute approximate surface area is 220 Å². The molecule has 0 aliphatic carbocycles. The molecule has 0 radical (unpaired) electrons. The number of aryl methyl sites for hydroxylation is 1. The van der Waals surface area contributed by atoms with Gasteiger partial charge in [0, 0.05) is 23.1 Å². The van der Waals surface area contributed by atoms with Gasteiger partial charge >= 0.3 is 0 Å². The number of aliphatic hydroxyl groups excluding tert-OH is 1. The van der Waals surface area contributed by atoms with Crippen LogP contribution in [0.5, 0.6) is 0 Å². The lowest BCUT2D eigenvalue weighted by Crippen LogP contribution is -2.36. The number of aliphatic hydroxyl groups is 1. The second kappa shape index (κ2) is 11.0. The van der Waals surface area contributed by atoms with E-state index >= 15 is 0 Å². The van der Waals surface area contributed by atoms with Gasteiger partial charge in [-0.1, -0.05) is 91.0 Å². The molecule has 1 N–H and O–H groups in total. The fourth-order valence-electron chi connectivity index (χ4n) is 4.92. The van der Waals surface area contributed by atoms with Gasteiger partial charge in [0.05, 0.1) is 18.1 Å². The van der Waals surface area contributed by atoms with Crippen LogP contribution in [0.2, 0.25) is 0 Å². The van der Waals surface area contributed by atoms with Crippen LogP contribution in [0.3, 0.4) is 0 Å². The van der Waals surface area contributed by atoms with Crippen molar-refractivity contribution in [3.05, 3.63) is 154 Å². The van der Waals surface area contributed by atoms with Crippen LogP contribution < -0.4 is 0 Å². The van der Waals surface area contributed by atoms with E-state index in [-0.39, 0.29) is 0 Å². The Balaban J connectivity index is 1.48. The van der Waals surface area contributed by atoms with Crippen LogP contribution in [0.1, 0.15) is 46.9 Å². The number of rotatable bonds is 9. The summed E-state index contributed by atoms with van der Waals surface area (Å²) in [6.07, 6.45) is 9.23. The lowest BCUT2D eigenvalue weighted by Gasteiger charge is -2.37. The molecule has 4 nitrogen and oxygen atoms in total. The van der Waals surface area contributed by atoms with E-state index in [2.05, 4.69) is 123 Å². The molecular formula is C31H28BrN3O. The number of pyridine rings is 1. The van der Waals surface area contributed by atoms with Gasteiger partial charge in [0.2, 0.25) is 0 Å². The molecule has 0 aliphatic rings.